The van der Waals surface area contributed by atoms with Crippen molar-refractivity contribution in [2.75, 3.05) is 14.2 Å². The van der Waals surface area contributed by atoms with Crippen molar-refractivity contribution in [1.82, 2.24) is 0 Å². The van der Waals surface area contributed by atoms with Crippen molar-refractivity contribution in [2.45, 2.75) is 25.7 Å². The minimum Gasteiger partial charge on any atom is -0.478 e. The molecule has 22 heavy (non-hydrogen) atoms. The van der Waals surface area contributed by atoms with Crippen LogP contribution in [0.1, 0.15) is 46.4 Å². The Bertz CT molecular complexity index is 395. The van der Waals surface area contributed by atoms with Crippen LogP contribution in [-0.4, -0.2) is 46.6 Å². The standard InChI is InChI=1S/C8H6O4.C6H10.2CH4O/c9-7(10)5-1-2-6(4-3-5)8(11)12;1-2-4-6-5-3-1;2*1-2/h1-4H,(H,9,10)(H,11,12);1-2H,3-6H2;2*2H,1H3. The van der Waals surface area contributed by atoms with Crippen molar-refractivity contribution < 1.29 is 30.0 Å². The van der Waals surface area contributed by atoms with Gasteiger partial charge in [-0.15, -0.1) is 0 Å². The molecule has 1 aliphatic rings. The molecule has 0 radical (unpaired) electrons. The van der Waals surface area contributed by atoms with Gasteiger partial charge in [0.15, 0.2) is 0 Å². The molecule has 0 saturated heterocycles. The lowest BCUT2D eigenvalue weighted by molar-refractivity contribution is 0.0681. The molecule has 0 unspecified atom stereocenters. The molecule has 2 rings (SSSR count). The summed E-state index contributed by atoms with van der Waals surface area (Å²) in [5.41, 5.74) is 0.167. The lowest BCUT2D eigenvalue weighted by Gasteiger charge is -1.97. The van der Waals surface area contributed by atoms with E-state index < -0.39 is 11.9 Å². The smallest absolute Gasteiger partial charge is 0.335 e. The molecule has 4 N–H and O–H groups in total. The molecule has 0 atom stereocenters. The van der Waals surface area contributed by atoms with Crippen LogP contribution in [0.25, 0.3) is 0 Å². The van der Waals surface area contributed by atoms with Gasteiger partial charge in [-0.1, -0.05) is 12.2 Å². The number of carbonyl (C=O) groups is 2. The lowest BCUT2D eigenvalue weighted by atomic mass is 10.1. The normalized spacial score (nSPS) is 11.5. The minimum atomic E-state index is -1.06. The average molecular weight is 312 g/mol. The zero-order valence-electron chi connectivity index (χ0n) is 12.9. The van der Waals surface area contributed by atoms with Gasteiger partial charge in [-0.3, -0.25) is 0 Å². The van der Waals surface area contributed by atoms with Crippen molar-refractivity contribution in [1.29, 1.82) is 0 Å². The van der Waals surface area contributed by atoms with Crippen molar-refractivity contribution in [3.8, 4) is 0 Å². The summed E-state index contributed by atoms with van der Waals surface area (Å²) < 4.78 is 0. The van der Waals surface area contributed by atoms with Crippen LogP contribution in [-0.2, 0) is 0 Å². The van der Waals surface area contributed by atoms with E-state index in [0.29, 0.717) is 0 Å². The quantitative estimate of drug-likeness (QED) is 0.623. The largest absolute Gasteiger partial charge is 0.478 e. The van der Waals surface area contributed by atoms with E-state index in [9.17, 15) is 9.59 Å². The highest BCUT2D eigenvalue weighted by atomic mass is 16.4. The van der Waals surface area contributed by atoms with E-state index in [1.807, 2.05) is 0 Å². The van der Waals surface area contributed by atoms with Crippen LogP contribution in [0.5, 0.6) is 0 Å². The fourth-order valence-electron chi connectivity index (χ4n) is 1.52. The Morgan fingerprint density at radius 1 is 0.727 bits per heavy atom. The van der Waals surface area contributed by atoms with Crippen LogP contribution < -0.4 is 0 Å². The Morgan fingerprint density at radius 2 is 1.00 bits per heavy atom. The van der Waals surface area contributed by atoms with Crippen LogP contribution in [0.15, 0.2) is 36.4 Å². The van der Waals surface area contributed by atoms with Gasteiger partial charge in [-0.05, 0) is 49.9 Å². The zero-order chi connectivity index (χ0) is 17.4. The van der Waals surface area contributed by atoms with Crippen LogP contribution >= 0.6 is 0 Å². The molecule has 6 heteroatoms. The second-order valence-corrected chi connectivity index (χ2v) is 3.94. The molecule has 1 aliphatic carbocycles. The molecule has 0 spiro atoms. The summed E-state index contributed by atoms with van der Waals surface area (Å²) in [5.74, 6) is -2.13. The van der Waals surface area contributed by atoms with Gasteiger partial charge in [0.2, 0.25) is 0 Å². The number of aromatic carboxylic acids is 2. The number of carboxylic acids is 2. The number of rotatable bonds is 2. The van der Waals surface area contributed by atoms with Gasteiger partial charge in [-0.25, -0.2) is 9.59 Å². The third-order valence-corrected chi connectivity index (χ3v) is 2.54. The molecule has 124 valence electrons. The number of benzene rings is 1. The highest BCUT2D eigenvalue weighted by Gasteiger charge is 2.04. The Balaban J connectivity index is 0. The van der Waals surface area contributed by atoms with Crippen LogP contribution in [0.4, 0.5) is 0 Å². The molecule has 0 aliphatic heterocycles. The minimum absolute atomic E-state index is 0.0833. The second kappa shape index (κ2) is 15.2. The summed E-state index contributed by atoms with van der Waals surface area (Å²) in [6.07, 6.45) is 10.0. The maximum atomic E-state index is 10.3. The SMILES string of the molecule is C1=CCCCC1.CO.CO.O=C(O)c1ccc(C(=O)O)cc1. The van der Waals surface area contributed by atoms with Crippen molar-refractivity contribution >= 4 is 11.9 Å². The first-order chi connectivity index (χ1) is 10.6. The van der Waals surface area contributed by atoms with Crippen molar-refractivity contribution in [3.05, 3.63) is 47.5 Å². The molecule has 0 heterocycles. The highest BCUT2D eigenvalue weighted by Crippen LogP contribution is 2.07. The molecule has 0 bridgehead atoms. The Kier molecular flexibility index (Phi) is 15.3. The monoisotopic (exact) mass is 312 g/mol. The van der Waals surface area contributed by atoms with Gasteiger partial charge in [-0.2, -0.15) is 0 Å². The van der Waals surface area contributed by atoms with E-state index in [1.165, 1.54) is 49.9 Å². The maximum absolute atomic E-state index is 10.3. The Morgan fingerprint density at radius 3 is 1.14 bits per heavy atom. The third-order valence-electron chi connectivity index (χ3n) is 2.54. The van der Waals surface area contributed by atoms with E-state index in [-0.39, 0.29) is 11.1 Å². The van der Waals surface area contributed by atoms with E-state index >= 15 is 0 Å². The summed E-state index contributed by atoms with van der Waals surface area (Å²) in [6, 6.07) is 5.02. The third kappa shape index (κ3) is 10.6. The number of aliphatic hydroxyl groups is 2. The summed E-state index contributed by atoms with van der Waals surface area (Å²) >= 11 is 0. The molecular weight excluding hydrogens is 288 g/mol. The number of hydrogen-bond donors (Lipinski definition) is 4. The maximum Gasteiger partial charge on any atom is 0.335 e. The van der Waals surface area contributed by atoms with E-state index in [0.717, 1.165) is 14.2 Å². The number of aliphatic hydroxyl groups excluding tert-OH is 2. The number of allylic oxidation sites excluding steroid dienone is 2. The molecule has 6 nitrogen and oxygen atoms in total. The lowest BCUT2D eigenvalue weighted by Crippen LogP contribution is -1.99. The van der Waals surface area contributed by atoms with Gasteiger partial charge >= 0.3 is 11.9 Å². The fourth-order valence-corrected chi connectivity index (χ4v) is 1.52. The van der Waals surface area contributed by atoms with E-state index in [4.69, 9.17) is 20.4 Å². The van der Waals surface area contributed by atoms with E-state index in [1.54, 1.807) is 0 Å². The average Bonchev–Trinajstić information content (AvgIpc) is 2.60. The van der Waals surface area contributed by atoms with Crippen LogP contribution in [0, 0.1) is 0 Å². The molecule has 0 saturated carbocycles. The molecule has 0 amide bonds. The molecule has 1 aromatic rings. The van der Waals surface area contributed by atoms with E-state index in [2.05, 4.69) is 12.2 Å². The Labute approximate surface area is 130 Å². The summed E-state index contributed by atoms with van der Waals surface area (Å²) in [5, 5.41) is 30.9. The van der Waals surface area contributed by atoms with Crippen molar-refractivity contribution in [2.24, 2.45) is 0 Å². The van der Waals surface area contributed by atoms with Crippen LogP contribution in [0.2, 0.25) is 0 Å². The summed E-state index contributed by atoms with van der Waals surface area (Å²) in [7, 11) is 2.00. The molecular formula is C16H24O6. The molecule has 0 aromatic heterocycles. The first-order valence-corrected chi connectivity index (χ1v) is 6.72. The van der Waals surface area contributed by atoms with Gasteiger partial charge in [0, 0.05) is 14.2 Å². The molecule has 0 fully saturated rings. The predicted octanol–water partition coefficient (Wildman–Crippen LogP) is 2.42. The van der Waals surface area contributed by atoms with Gasteiger partial charge in [0.05, 0.1) is 11.1 Å². The summed E-state index contributed by atoms with van der Waals surface area (Å²) in [4.78, 5) is 20.7. The van der Waals surface area contributed by atoms with Gasteiger partial charge < -0.3 is 20.4 Å². The van der Waals surface area contributed by atoms with Gasteiger partial charge in [0.25, 0.3) is 0 Å². The van der Waals surface area contributed by atoms with Crippen molar-refractivity contribution in [3.63, 3.8) is 0 Å². The van der Waals surface area contributed by atoms with Crippen LogP contribution in [0.3, 0.4) is 0 Å². The fraction of sp³-hybridized carbons (Fsp3) is 0.375. The molecule has 1 aromatic carbocycles. The summed E-state index contributed by atoms with van der Waals surface area (Å²) in [6.45, 7) is 0. The topological polar surface area (TPSA) is 115 Å². The first-order valence-electron chi connectivity index (χ1n) is 6.72. The Hall–Kier alpha value is -2.18. The number of hydrogen-bond acceptors (Lipinski definition) is 4. The predicted molar refractivity (Wildman–Crippen MR) is 84.3 cm³/mol. The number of carboxylic acid groups (broad SMARTS) is 2. The highest BCUT2D eigenvalue weighted by molar-refractivity contribution is 5.91. The second-order valence-electron chi connectivity index (χ2n) is 3.94. The zero-order valence-corrected chi connectivity index (χ0v) is 12.9. The first kappa shape index (κ1) is 22.1. The van der Waals surface area contributed by atoms with Gasteiger partial charge in [0.1, 0.15) is 0 Å².